The number of benzene rings is 2. The second-order valence-corrected chi connectivity index (χ2v) is 9.39. The van der Waals surface area contributed by atoms with Gasteiger partial charge in [0.1, 0.15) is 11.4 Å². The van der Waals surface area contributed by atoms with Crippen LogP contribution in [0.25, 0.3) is 17.0 Å². The van der Waals surface area contributed by atoms with Crippen LogP contribution in [0.2, 0.25) is 0 Å². The number of rotatable bonds is 5. The Balaban J connectivity index is 1.83. The highest BCUT2D eigenvalue weighted by atomic mass is 19.1. The molecule has 0 spiro atoms. The number of carbonyl (C=O) groups excluding carboxylic acids is 2. The van der Waals surface area contributed by atoms with Crippen LogP contribution in [0.4, 0.5) is 10.1 Å². The van der Waals surface area contributed by atoms with E-state index in [1.165, 1.54) is 22.9 Å². The lowest BCUT2D eigenvalue weighted by molar-refractivity contribution is -0.577. The Bertz CT molecular complexity index is 1570. The highest BCUT2D eigenvalue weighted by Gasteiger charge is 2.48. The summed E-state index contributed by atoms with van der Waals surface area (Å²) in [6.45, 7) is 7.46. The number of aromatic nitrogens is 3. The van der Waals surface area contributed by atoms with Crippen LogP contribution in [0.3, 0.4) is 0 Å². The summed E-state index contributed by atoms with van der Waals surface area (Å²) in [4.78, 5) is 28.7. The number of hydrogen-bond donors (Lipinski definition) is 0. The van der Waals surface area contributed by atoms with Gasteiger partial charge in [-0.15, -0.1) is 0 Å². The first kappa shape index (κ1) is 24.1. The molecule has 1 aliphatic heterocycles. The largest absolute Gasteiger partial charge is 0.858 e. The summed E-state index contributed by atoms with van der Waals surface area (Å²) in [5.41, 5.74) is 2.35. The summed E-state index contributed by atoms with van der Waals surface area (Å²) in [6.07, 6.45) is 3.42. The number of carbonyl (C=O) groups is 2. The molecule has 5 rings (SSSR count). The van der Waals surface area contributed by atoms with Crippen molar-refractivity contribution in [1.29, 1.82) is 0 Å². The molecule has 0 unspecified atom stereocenters. The van der Waals surface area contributed by atoms with Gasteiger partial charge >= 0.3 is 5.91 Å². The number of pyridine rings is 1. The predicted molar refractivity (Wildman–Crippen MR) is 135 cm³/mol. The fourth-order valence-electron chi connectivity index (χ4n) is 4.68. The number of nitrogens with zero attached hydrogens (tertiary/aromatic N) is 4. The number of amides is 2. The Kier molecular flexibility index (Phi) is 5.95. The first-order valence-electron chi connectivity index (χ1n) is 11.9. The molecule has 8 heteroatoms. The predicted octanol–water partition coefficient (Wildman–Crippen LogP) is 4.05. The number of imide groups is 1. The average molecular weight is 497 g/mol. The zero-order chi connectivity index (χ0) is 26.4. The first-order valence-corrected chi connectivity index (χ1v) is 11.9. The summed E-state index contributed by atoms with van der Waals surface area (Å²) in [6, 6.07) is 16.4. The molecule has 1 aliphatic rings. The Morgan fingerprint density at radius 2 is 1.54 bits per heavy atom. The average Bonchev–Trinajstić information content (AvgIpc) is 3.32. The molecule has 0 N–H and O–H groups in total. The van der Waals surface area contributed by atoms with Crippen molar-refractivity contribution < 1.29 is 23.7 Å². The molecule has 37 heavy (non-hydrogen) atoms. The number of para-hydroxylation sites is 2. The van der Waals surface area contributed by atoms with E-state index in [2.05, 4.69) is 5.10 Å². The quantitative estimate of drug-likeness (QED) is 0.308. The van der Waals surface area contributed by atoms with E-state index in [1.54, 1.807) is 47.3 Å². The molecular formula is C29H25FN4O3. The van der Waals surface area contributed by atoms with E-state index in [0.29, 0.717) is 11.4 Å². The van der Waals surface area contributed by atoms with Crippen LogP contribution >= 0.6 is 0 Å². The summed E-state index contributed by atoms with van der Waals surface area (Å²) in [7, 11) is 0. The lowest BCUT2D eigenvalue weighted by Crippen LogP contribution is -2.40. The molecule has 186 valence electrons. The van der Waals surface area contributed by atoms with Gasteiger partial charge in [-0.3, -0.25) is 9.59 Å². The van der Waals surface area contributed by atoms with Crippen molar-refractivity contribution in [2.24, 2.45) is 0 Å². The molecule has 3 heterocycles. The highest BCUT2D eigenvalue weighted by Crippen LogP contribution is 2.41. The second kappa shape index (κ2) is 9.13. The van der Waals surface area contributed by atoms with E-state index >= 15 is 0 Å². The maximum absolute atomic E-state index is 14.8. The molecule has 4 aromatic rings. The van der Waals surface area contributed by atoms with Gasteiger partial charge < -0.3 is 5.11 Å². The van der Waals surface area contributed by atoms with Crippen LogP contribution in [-0.2, 0) is 9.59 Å². The van der Waals surface area contributed by atoms with Crippen molar-refractivity contribution >= 4 is 28.8 Å². The minimum Gasteiger partial charge on any atom is -0.858 e. The minimum atomic E-state index is -0.775. The van der Waals surface area contributed by atoms with Crippen molar-refractivity contribution in [2.45, 2.75) is 33.6 Å². The normalized spacial score (nSPS) is 13.8. The first-order chi connectivity index (χ1) is 17.7. The molecular weight excluding hydrogens is 471 g/mol. The van der Waals surface area contributed by atoms with Crippen LogP contribution in [-0.4, -0.2) is 21.6 Å². The number of hydrogen-bond acceptors (Lipinski definition) is 4. The highest BCUT2D eigenvalue weighted by molar-refractivity contribution is 6.53. The van der Waals surface area contributed by atoms with E-state index in [9.17, 15) is 19.1 Å². The van der Waals surface area contributed by atoms with Crippen LogP contribution in [0.15, 0.2) is 73.1 Å². The maximum Gasteiger partial charge on any atom is 0.331 e. The molecule has 2 aromatic heterocycles. The molecule has 2 aromatic carbocycles. The zero-order valence-electron chi connectivity index (χ0n) is 20.9. The smallest absolute Gasteiger partial charge is 0.331 e. The zero-order valence-corrected chi connectivity index (χ0v) is 20.9. The van der Waals surface area contributed by atoms with Gasteiger partial charge in [-0.2, -0.15) is 9.67 Å². The molecule has 2 amide bonds. The van der Waals surface area contributed by atoms with Crippen molar-refractivity contribution in [3.63, 3.8) is 0 Å². The monoisotopic (exact) mass is 496 g/mol. The van der Waals surface area contributed by atoms with E-state index in [1.807, 2.05) is 39.8 Å². The Labute approximate surface area is 213 Å². The van der Waals surface area contributed by atoms with Crippen LogP contribution < -0.4 is 14.6 Å². The number of aryl methyl sites for hydroxylation is 2. The number of anilines is 1. The summed E-state index contributed by atoms with van der Waals surface area (Å²) in [5, 5.41) is 18.4. The van der Waals surface area contributed by atoms with Gasteiger partial charge in [-0.1, -0.05) is 44.2 Å². The molecule has 0 radical (unpaired) electrons. The van der Waals surface area contributed by atoms with Gasteiger partial charge in [0.15, 0.2) is 12.4 Å². The third kappa shape index (κ3) is 4.00. The van der Waals surface area contributed by atoms with Gasteiger partial charge in [0.05, 0.1) is 17.1 Å². The summed E-state index contributed by atoms with van der Waals surface area (Å²) >= 11 is 0. The lowest BCUT2D eigenvalue weighted by atomic mass is 9.98. The second-order valence-electron chi connectivity index (χ2n) is 9.39. The summed E-state index contributed by atoms with van der Waals surface area (Å²) in [5.74, 6) is -2.98. The topological polar surface area (TPSA) is 82.1 Å². The van der Waals surface area contributed by atoms with E-state index in [4.69, 9.17) is 0 Å². The van der Waals surface area contributed by atoms with Crippen LogP contribution in [0.1, 0.15) is 42.1 Å². The van der Waals surface area contributed by atoms with Crippen molar-refractivity contribution in [1.82, 2.24) is 9.78 Å². The summed E-state index contributed by atoms with van der Waals surface area (Å²) < 4.78 is 17.6. The molecule has 0 saturated heterocycles. The van der Waals surface area contributed by atoms with Crippen LogP contribution in [0.5, 0.6) is 5.88 Å². The van der Waals surface area contributed by atoms with Crippen LogP contribution in [0, 0.1) is 19.7 Å². The van der Waals surface area contributed by atoms with E-state index in [0.717, 1.165) is 16.0 Å². The molecule has 0 bridgehead atoms. The third-order valence-corrected chi connectivity index (χ3v) is 6.22. The maximum atomic E-state index is 14.8. The van der Waals surface area contributed by atoms with Gasteiger partial charge in [-0.25, -0.2) is 14.0 Å². The van der Waals surface area contributed by atoms with Gasteiger partial charge in [-0.05, 0) is 56.0 Å². The Hall–Kier alpha value is -4.59. The number of halogens is 1. The Morgan fingerprint density at radius 3 is 2.16 bits per heavy atom. The molecule has 0 saturated carbocycles. The third-order valence-electron chi connectivity index (χ3n) is 6.22. The molecule has 0 aliphatic carbocycles. The standard InChI is InChI=1S/C29H25FN4O3/c1-17(2)25-23(28(36)34(31-25)20-10-6-5-7-11-20)24-26(32-15-18(3)14-19(4)16-32)29(37)33(27(24)35)22-13-9-8-12-21(22)30/h5-17H,1-4H3. The molecule has 7 nitrogen and oxygen atoms in total. The molecule has 0 fully saturated rings. The van der Waals surface area contributed by atoms with Gasteiger partial charge in [0.25, 0.3) is 11.6 Å². The fourth-order valence-corrected chi connectivity index (χ4v) is 4.68. The van der Waals surface area contributed by atoms with Crippen molar-refractivity contribution in [3.05, 3.63) is 101 Å². The van der Waals surface area contributed by atoms with Crippen molar-refractivity contribution in [2.75, 3.05) is 4.90 Å². The minimum absolute atomic E-state index is 0.0216. The molecule has 0 atom stereocenters. The lowest BCUT2D eigenvalue weighted by Gasteiger charge is -2.16. The Morgan fingerprint density at radius 1 is 0.919 bits per heavy atom. The van der Waals surface area contributed by atoms with Gasteiger partial charge in [0, 0.05) is 16.7 Å². The fraction of sp³-hybridized carbons (Fsp3) is 0.172. The van der Waals surface area contributed by atoms with E-state index in [-0.39, 0.29) is 28.4 Å². The van der Waals surface area contributed by atoms with Gasteiger partial charge in [0.2, 0.25) is 0 Å². The SMILES string of the molecule is Cc1cc(C)c[n+](C2=C(c3c(C(C)C)nn(-c4ccccc4)c3[O-])C(=O)N(c3ccccc3F)C2=O)c1. The van der Waals surface area contributed by atoms with Crippen molar-refractivity contribution in [3.8, 4) is 11.6 Å². The van der Waals surface area contributed by atoms with E-state index < -0.39 is 23.5 Å².